The quantitative estimate of drug-likeness (QED) is 0.483. The number of likely N-dealkylation sites (tertiary alicyclic amines) is 1. The van der Waals surface area contributed by atoms with Gasteiger partial charge in [0.25, 0.3) is 0 Å². The lowest BCUT2D eigenvalue weighted by Crippen LogP contribution is -2.53. The molecule has 3 N–H and O–H groups in total. The second-order valence-electron chi connectivity index (χ2n) is 3.84. The fourth-order valence-electron chi connectivity index (χ4n) is 1.92. The minimum atomic E-state index is -0.385. The van der Waals surface area contributed by atoms with Crippen LogP contribution in [0.4, 0.5) is 4.79 Å². The number of hydrogen-bond acceptors (Lipinski definition) is 3. The summed E-state index contributed by atoms with van der Waals surface area (Å²) in [6.07, 6.45) is 1.67. The number of urea groups is 1. The Balaban J connectivity index is 2.13. The molecule has 72 valence electrons. The van der Waals surface area contributed by atoms with Crippen LogP contribution in [0.3, 0.4) is 0 Å². The van der Waals surface area contributed by atoms with Gasteiger partial charge in [-0.15, -0.1) is 0 Å². The Kier molecular flexibility index (Phi) is 1.76. The van der Waals surface area contributed by atoms with Gasteiger partial charge in [-0.2, -0.15) is 0 Å². The standard InChI is InChI=1S/C8H14N4O/c1-12-4-2-8(3-5-12)6(9)10-7(13)11-8/h2-5H2,1H3,(H3,9,10,11,13). The molecule has 2 fully saturated rings. The van der Waals surface area contributed by atoms with Crippen LogP contribution in [0.5, 0.6) is 0 Å². The van der Waals surface area contributed by atoms with E-state index in [-0.39, 0.29) is 11.6 Å². The van der Waals surface area contributed by atoms with E-state index in [2.05, 4.69) is 22.6 Å². The van der Waals surface area contributed by atoms with Gasteiger partial charge in [0, 0.05) is 13.1 Å². The first-order chi connectivity index (χ1) is 6.12. The monoisotopic (exact) mass is 182 g/mol. The van der Waals surface area contributed by atoms with Crippen LogP contribution in [0.25, 0.3) is 0 Å². The second kappa shape index (κ2) is 2.70. The van der Waals surface area contributed by atoms with Crippen LogP contribution in [0.2, 0.25) is 0 Å². The van der Waals surface area contributed by atoms with Gasteiger partial charge in [0.1, 0.15) is 11.4 Å². The number of amidine groups is 1. The van der Waals surface area contributed by atoms with Crippen molar-refractivity contribution in [3.8, 4) is 0 Å². The van der Waals surface area contributed by atoms with Crippen molar-refractivity contribution >= 4 is 11.9 Å². The van der Waals surface area contributed by atoms with E-state index in [1.54, 1.807) is 0 Å². The zero-order chi connectivity index (χ0) is 9.47. The molecule has 0 aromatic carbocycles. The maximum absolute atomic E-state index is 11.0. The molecule has 0 bridgehead atoms. The molecule has 2 amide bonds. The number of nitrogens with zero attached hydrogens (tertiary/aromatic N) is 1. The molecule has 2 aliphatic heterocycles. The number of carbonyl (C=O) groups excluding carboxylic acids is 1. The average molecular weight is 182 g/mol. The molecule has 2 saturated heterocycles. The molecule has 1 spiro atoms. The summed E-state index contributed by atoms with van der Waals surface area (Å²) in [5.74, 6) is 0.339. The minimum absolute atomic E-state index is 0.227. The summed E-state index contributed by atoms with van der Waals surface area (Å²) in [5.41, 5.74) is -0.385. The van der Waals surface area contributed by atoms with Crippen molar-refractivity contribution in [1.29, 1.82) is 5.41 Å². The lowest BCUT2D eigenvalue weighted by atomic mass is 9.87. The molecular weight excluding hydrogens is 168 g/mol. The van der Waals surface area contributed by atoms with Crippen LogP contribution in [0, 0.1) is 5.41 Å². The van der Waals surface area contributed by atoms with Gasteiger partial charge < -0.3 is 10.2 Å². The smallest absolute Gasteiger partial charge is 0.321 e. The molecule has 2 rings (SSSR count). The Labute approximate surface area is 77.0 Å². The number of hydrogen-bond donors (Lipinski definition) is 3. The minimum Gasteiger partial charge on any atom is -0.325 e. The van der Waals surface area contributed by atoms with Gasteiger partial charge in [0.15, 0.2) is 0 Å². The Morgan fingerprint density at radius 1 is 1.46 bits per heavy atom. The van der Waals surface area contributed by atoms with Crippen molar-refractivity contribution in [1.82, 2.24) is 15.5 Å². The summed E-state index contributed by atoms with van der Waals surface area (Å²) >= 11 is 0. The number of carbonyl (C=O) groups is 1. The normalized spacial score (nSPS) is 27.5. The third-order valence-corrected chi connectivity index (χ3v) is 2.91. The molecule has 0 aliphatic carbocycles. The van der Waals surface area contributed by atoms with Crippen molar-refractivity contribution in [2.45, 2.75) is 18.4 Å². The Morgan fingerprint density at radius 2 is 2.08 bits per heavy atom. The van der Waals surface area contributed by atoms with Crippen molar-refractivity contribution in [3.05, 3.63) is 0 Å². The summed E-state index contributed by atoms with van der Waals surface area (Å²) in [7, 11) is 2.06. The predicted molar refractivity (Wildman–Crippen MR) is 48.9 cm³/mol. The number of nitrogens with one attached hydrogen (secondary N) is 3. The third kappa shape index (κ3) is 1.29. The first kappa shape index (κ1) is 8.50. The summed E-state index contributed by atoms with van der Waals surface area (Å²) in [5, 5.41) is 13.0. The zero-order valence-corrected chi connectivity index (χ0v) is 7.68. The molecule has 0 aromatic heterocycles. The van der Waals surface area contributed by atoms with Crippen molar-refractivity contribution in [2.24, 2.45) is 0 Å². The topological polar surface area (TPSA) is 68.2 Å². The maximum Gasteiger partial charge on any atom is 0.321 e. The highest BCUT2D eigenvalue weighted by Gasteiger charge is 2.44. The highest BCUT2D eigenvalue weighted by atomic mass is 16.2. The lowest BCUT2D eigenvalue weighted by molar-refractivity contribution is 0.206. The molecule has 2 aliphatic rings. The van der Waals surface area contributed by atoms with Crippen LogP contribution in [-0.4, -0.2) is 42.4 Å². The van der Waals surface area contributed by atoms with Gasteiger partial charge in [0.05, 0.1) is 0 Å². The third-order valence-electron chi connectivity index (χ3n) is 2.91. The molecular formula is C8H14N4O. The maximum atomic E-state index is 11.0. The van der Waals surface area contributed by atoms with Gasteiger partial charge in [-0.25, -0.2) is 4.79 Å². The first-order valence-corrected chi connectivity index (χ1v) is 4.49. The van der Waals surface area contributed by atoms with Crippen molar-refractivity contribution in [2.75, 3.05) is 20.1 Å². The Morgan fingerprint density at radius 3 is 2.54 bits per heavy atom. The van der Waals surface area contributed by atoms with E-state index in [0.29, 0.717) is 5.84 Å². The van der Waals surface area contributed by atoms with E-state index in [1.807, 2.05) is 0 Å². The highest BCUT2D eigenvalue weighted by molar-refractivity contribution is 6.08. The fraction of sp³-hybridized carbons (Fsp3) is 0.750. The molecule has 0 unspecified atom stereocenters. The molecule has 5 heteroatoms. The number of piperidine rings is 1. The zero-order valence-electron chi connectivity index (χ0n) is 7.68. The van der Waals surface area contributed by atoms with Crippen LogP contribution >= 0.6 is 0 Å². The van der Waals surface area contributed by atoms with E-state index in [4.69, 9.17) is 5.41 Å². The molecule has 13 heavy (non-hydrogen) atoms. The average Bonchev–Trinajstić information content (AvgIpc) is 2.34. The first-order valence-electron chi connectivity index (χ1n) is 4.49. The van der Waals surface area contributed by atoms with Gasteiger partial charge >= 0.3 is 6.03 Å². The van der Waals surface area contributed by atoms with E-state index < -0.39 is 0 Å². The molecule has 0 saturated carbocycles. The second-order valence-corrected chi connectivity index (χ2v) is 3.84. The number of amides is 2. The highest BCUT2D eigenvalue weighted by Crippen LogP contribution is 2.24. The van der Waals surface area contributed by atoms with Crippen LogP contribution < -0.4 is 10.6 Å². The summed E-state index contributed by atoms with van der Waals surface area (Å²) in [6, 6.07) is -0.227. The van der Waals surface area contributed by atoms with Gasteiger partial charge in [0.2, 0.25) is 0 Å². The predicted octanol–water partition coefficient (Wildman–Crippen LogP) is -0.259. The Bertz CT molecular complexity index is 255. The fourth-order valence-corrected chi connectivity index (χ4v) is 1.92. The van der Waals surface area contributed by atoms with Crippen LogP contribution in [-0.2, 0) is 0 Å². The van der Waals surface area contributed by atoms with Crippen molar-refractivity contribution < 1.29 is 4.79 Å². The molecule has 2 heterocycles. The summed E-state index contributed by atoms with van der Waals surface area (Å²) in [4.78, 5) is 13.2. The largest absolute Gasteiger partial charge is 0.325 e. The van der Waals surface area contributed by atoms with E-state index >= 15 is 0 Å². The van der Waals surface area contributed by atoms with Gasteiger partial charge in [-0.1, -0.05) is 0 Å². The van der Waals surface area contributed by atoms with Crippen molar-refractivity contribution in [3.63, 3.8) is 0 Å². The molecule has 0 radical (unpaired) electrons. The van der Waals surface area contributed by atoms with Gasteiger partial charge in [-0.05, 0) is 19.9 Å². The molecule has 5 nitrogen and oxygen atoms in total. The molecule has 0 aromatic rings. The Hall–Kier alpha value is -1.10. The van der Waals surface area contributed by atoms with Crippen LogP contribution in [0.15, 0.2) is 0 Å². The molecule has 0 atom stereocenters. The lowest BCUT2D eigenvalue weighted by Gasteiger charge is -2.36. The van der Waals surface area contributed by atoms with Crippen LogP contribution in [0.1, 0.15) is 12.8 Å². The van der Waals surface area contributed by atoms with E-state index in [9.17, 15) is 4.79 Å². The SMILES string of the molecule is CN1CCC2(CC1)NC(=O)NC2=N. The summed E-state index contributed by atoms with van der Waals surface area (Å²) in [6.45, 7) is 1.87. The van der Waals surface area contributed by atoms with Gasteiger partial charge in [-0.3, -0.25) is 10.7 Å². The van der Waals surface area contributed by atoms with E-state index in [1.165, 1.54) is 0 Å². The summed E-state index contributed by atoms with van der Waals surface area (Å²) < 4.78 is 0. The van der Waals surface area contributed by atoms with E-state index in [0.717, 1.165) is 25.9 Å². The number of rotatable bonds is 0.